The molecule has 0 saturated carbocycles. The second kappa shape index (κ2) is 7.81. The van der Waals surface area contributed by atoms with Crippen LogP contribution in [0, 0.1) is 6.92 Å². The summed E-state index contributed by atoms with van der Waals surface area (Å²) in [5.41, 5.74) is 3.80. The molecule has 1 aliphatic heterocycles. The van der Waals surface area contributed by atoms with Crippen LogP contribution in [0.3, 0.4) is 0 Å². The standard InChI is InChI=1S/C23H22ClNO3S/c1-12-8-9-19(29-12)22-20(23(27)28-3)13(2)25-17-10-14(11-18(26)21(17)22)15-6-4-5-7-16(15)24/h4-9,14,22,25H,10-11H2,1-3H3/t14-,22-/m0/s1. The van der Waals surface area contributed by atoms with Crippen LogP contribution in [-0.4, -0.2) is 18.9 Å². The first kappa shape index (κ1) is 19.9. The molecule has 2 atom stereocenters. The molecule has 0 spiro atoms. The van der Waals surface area contributed by atoms with Crippen LogP contribution in [0.1, 0.15) is 46.9 Å². The summed E-state index contributed by atoms with van der Waals surface area (Å²) in [7, 11) is 1.37. The van der Waals surface area contributed by atoms with Crippen LogP contribution < -0.4 is 5.32 Å². The number of rotatable bonds is 3. The molecule has 0 radical (unpaired) electrons. The fraction of sp³-hybridized carbons (Fsp3) is 0.304. The summed E-state index contributed by atoms with van der Waals surface area (Å²) in [5, 5.41) is 4.02. The van der Waals surface area contributed by atoms with Crippen molar-refractivity contribution < 1.29 is 14.3 Å². The summed E-state index contributed by atoms with van der Waals surface area (Å²) in [6.45, 7) is 3.89. The summed E-state index contributed by atoms with van der Waals surface area (Å²) >= 11 is 8.01. The van der Waals surface area contributed by atoms with Crippen molar-refractivity contribution in [2.45, 2.75) is 38.5 Å². The van der Waals surface area contributed by atoms with Crippen molar-refractivity contribution in [3.05, 3.63) is 79.3 Å². The maximum Gasteiger partial charge on any atom is 0.336 e. The van der Waals surface area contributed by atoms with Crippen molar-refractivity contribution in [2.75, 3.05) is 7.11 Å². The number of hydrogen-bond acceptors (Lipinski definition) is 5. The molecule has 4 rings (SSSR count). The number of ether oxygens (including phenoxy) is 1. The SMILES string of the molecule is COC(=O)C1=C(C)NC2=C(C(=O)C[C@@H](c3ccccc3Cl)C2)[C@H]1c1ccc(C)s1. The van der Waals surface area contributed by atoms with Crippen LogP contribution in [0.15, 0.2) is 58.9 Å². The molecule has 2 aliphatic rings. The average Bonchev–Trinajstić information content (AvgIpc) is 3.12. The molecule has 0 unspecified atom stereocenters. The van der Waals surface area contributed by atoms with Crippen LogP contribution in [0.5, 0.6) is 0 Å². The van der Waals surface area contributed by atoms with E-state index in [0.717, 1.165) is 26.7 Å². The van der Waals surface area contributed by atoms with Gasteiger partial charge in [0.05, 0.1) is 18.6 Å². The molecule has 1 aliphatic carbocycles. The second-order valence-electron chi connectivity index (χ2n) is 7.48. The molecule has 1 aromatic carbocycles. The molecule has 29 heavy (non-hydrogen) atoms. The predicted octanol–water partition coefficient (Wildman–Crippen LogP) is 5.24. The van der Waals surface area contributed by atoms with Crippen LogP contribution in [-0.2, 0) is 14.3 Å². The first-order valence-electron chi connectivity index (χ1n) is 9.53. The van der Waals surface area contributed by atoms with Gasteiger partial charge >= 0.3 is 5.97 Å². The zero-order valence-electron chi connectivity index (χ0n) is 16.5. The number of methoxy groups -OCH3 is 1. The highest BCUT2D eigenvalue weighted by molar-refractivity contribution is 7.12. The van der Waals surface area contributed by atoms with E-state index in [4.69, 9.17) is 16.3 Å². The Bertz CT molecular complexity index is 1070. The quantitative estimate of drug-likeness (QED) is 0.680. The third-order valence-corrected chi connectivity index (χ3v) is 7.03. The Morgan fingerprint density at radius 3 is 2.59 bits per heavy atom. The highest BCUT2D eigenvalue weighted by Crippen LogP contribution is 2.47. The van der Waals surface area contributed by atoms with Gasteiger partial charge in [-0.25, -0.2) is 4.79 Å². The molecular weight excluding hydrogens is 406 g/mol. The molecule has 0 saturated heterocycles. The number of hydrogen-bond donors (Lipinski definition) is 1. The monoisotopic (exact) mass is 427 g/mol. The third-order valence-electron chi connectivity index (χ3n) is 5.62. The lowest BCUT2D eigenvalue weighted by atomic mass is 9.73. The van der Waals surface area contributed by atoms with E-state index < -0.39 is 11.9 Å². The molecule has 0 amide bonds. The number of benzene rings is 1. The number of carbonyl (C=O) groups excluding carboxylic acids is 2. The van der Waals surface area contributed by atoms with E-state index in [9.17, 15) is 9.59 Å². The zero-order chi connectivity index (χ0) is 20.7. The summed E-state index contributed by atoms with van der Waals surface area (Å²) in [6, 6.07) is 11.7. The van der Waals surface area contributed by atoms with E-state index in [1.165, 1.54) is 7.11 Å². The van der Waals surface area contributed by atoms with Crippen molar-refractivity contribution in [3.8, 4) is 0 Å². The number of allylic oxidation sites excluding steroid dienone is 3. The minimum atomic E-state index is -0.404. The van der Waals surface area contributed by atoms with Gasteiger partial charge in [0.1, 0.15) is 0 Å². The van der Waals surface area contributed by atoms with Crippen molar-refractivity contribution in [1.82, 2.24) is 5.32 Å². The van der Waals surface area contributed by atoms with Crippen LogP contribution >= 0.6 is 22.9 Å². The molecule has 6 heteroatoms. The first-order valence-corrected chi connectivity index (χ1v) is 10.7. The van der Waals surface area contributed by atoms with E-state index in [0.29, 0.717) is 29.0 Å². The van der Waals surface area contributed by atoms with Gasteiger partial charge in [0, 0.05) is 38.2 Å². The first-order chi connectivity index (χ1) is 13.9. The Kier molecular flexibility index (Phi) is 5.36. The zero-order valence-corrected chi connectivity index (χ0v) is 18.1. The number of dihydropyridines is 1. The van der Waals surface area contributed by atoms with Crippen LogP contribution in [0.2, 0.25) is 5.02 Å². The molecule has 2 aromatic rings. The second-order valence-corrected chi connectivity index (χ2v) is 9.21. The number of ketones is 1. The topological polar surface area (TPSA) is 55.4 Å². The number of aryl methyl sites for hydroxylation is 1. The Morgan fingerprint density at radius 2 is 1.93 bits per heavy atom. The lowest BCUT2D eigenvalue weighted by Crippen LogP contribution is -2.35. The van der Waals surface area contributed by atoms with E-state index in [-0.39, 0.29) is 11.7 Å². The molecule has 1 aromatic heterocycles. The van der Waals surface area contributed by atoms with E-state index in [1.807, 2.05) is 50.2 Å². The van der Waals surface area contributed by atoms with Crippen LogP contribution in [0.25, 0.3) is 0 Å². The molecule has 150 valence electrons. The Balaban J connectivity index is 1.81. The van der Waals surface area contributed by atoms with Gasteiger partial charge in [0.15, 0.2) is 5.78 Å². The maximum absolute atomic E-state index is 13.4. The van der Waals surface area contributed by atoms with Gasteiger partial charge in [0.2, 0.25) is 0 Å². The normalized spacial score (nSPS) is 21.7. The van der Waals surface area contributed by atoms with Gasteiger partial charge in [-0.05, 0) is 49.9 Å². The van der Waals surface area contributed by atoms with Crippen molar-refractivity contribution in [1.29, 1.82) is 0 Å². The van der Waals surface area contributed by atoms with Crippen molar-refractivity contribution in [2.24, 2.45) is 0 Å². The van der Waals surface area contributed by atoms with E-state index in [2.05, 4.69) is 5.32 Å². The maximum atomic E-state index is 13.4. The number of carbonyl (C=O) groups is 2. The molecule has 4 nitrogen and oxygen atoms in total. The molecular formula is C23H22ClNO3S. The Morgan fingerprint density at radius 1 is 1.17 bits per heavy atom. The van der Waals surface area contributed by atoms with Gasteiger partial charge in [0.25, 0.3) is 0 Å². The fourth-order valence-electron chi connectivity index (χ4n) is 4.34. The lowest BCUT2D eigenvalue weighted by Gasteiger charge is -2.36. The predicted molar refractivity (Wildman–Crippen MR) is 115 cm³/mol. The minimum Gasteiger partial charge on any atom is -0.466 e. The van der Waals surface area contributed by atoms with Gasteiger partial charge in [-0.15, -0.1) is 11.3 Å². The van der Waals surface area contributed by atoms with E-state index in [1.54, 1.807) is 11.3 Å². The smallest absolute Gasteiger partial charge is 0.336 e. The number of nitrogens with one attached hydrogen (secondary N) is 1. The van der Waals surface area contributed by atoms with E-state index >= 15 is 0 Å². The number of Topliss-reactive ketones (excluding diaryl/α,β-unsaturated/α-hetero) is 1. The number of thiophene rings is 1. The molecule has 2 heterocycles. The third kappa shape index (κ3) is 3.53. The summed E-state index contributed by atoms with van der Waals surface area (Å²) in [6.07, 6.45) is 1.05. The van der Waals surface area contributed by atoms with Gasteiger partial charge in [-0.1, -0.05) is 29.8 Å². The average molecular weight is 428 g/mol. The highest BCUT2D eigenvalue weighted by Gasteiger charge is 2.42. The minimum absolute atomic E-state index is 0.0145. The largest absolute Gasteiger partial charge is 0.466 e. The fourth-order valence-corrected chi connectivity index (χ4v) is 5.63. The van der Waals surface area contributed by atoms with Crippen molar-refractivity contribution >= 4 is 34.7 Å². The number of esters is 1. The summed E-state index contributed by atoms with van der Waals surface area (Å²) in [4.78, 5) is 28.1. The van der Waals surface area contributed by atoms with Crippen LogP contribution in [0.4, 0.5) is 0 Å². The Hall–Kier alpha value is -2.37. The van der Waals surface area contributed by atoms with Gasteiger partial charge < -0.3 is 10.1 Å². The summed E-state index contributed by atoms with van der Waals surface area (Å²) < 4.78 is 5.06. The Labute approximate surface area is 179 Å². The molecule has 0 bridgehead atoms. The molecule has 0 fully saturated rings. The van der Waals surface area contributed by atoms with Crippen molar-refractivity contribution in [3.63, 3.8) is 0 Å². The summed E-state index contributed by atoms with van der Waals surface area (Å²) in [5.74, 6) is -0.731. The van der Waals surface area contributed by atoms with Gasteiger partial charge in [-0.2, -0.15) is 0 Å². The highest BCUT2D eigenvalue weighted by atomic mass is 35.5. The molecule has 1 N–H and O–H groups in total. The number of halogens is 1. The lowest BCUT2D eigenvalue weighted by molar-refractivity contribution is -0.136. The van der Waals surface area contributed by atoms with Gasteiger partial charge in [-0.3, -0.25) is 4.79 Å².